The van der Waals surface area contributed by atoms with E-state index in [2.05, 4.69) is 33.0 Å². The Morgan fingerprint density at radius 2 is 1.83 bits per heavy atom. The molecular formula is C11H23N. The molecule has 0 aromatic heterocycles. The van der Waals surface area contributed by atoms with Crippen LogP contribution in [0, 0.1) is 11.8 Å². The highest BCUT2D eigenvalue weighted by Gasteiger charge is 2.22. The highest BCUT2D eigenvalue weighted by molar-refractivity contribution is 4.81. The molecule has 0 saturated heterocycles. The summed E-state index contributed by atoms with van der Waals surface area (Å²) in [5, 5.41) is 3.71. The molecule has 0 heterocycles. The zero-order chi connectivity index (χ0) is 9.14. The third-order valence-electron chi connectivity index (χ3n) is 3.19. The maximum atomic E-state index is 3.71. The van der Waals surface area contributed by atoms with Crippen LogP contribution in [0.15, 0.2) is 0 Å². The second-order valence-corrected chi connectivity index (χ2v) is 4.81. The van der Waals surface area contributed by atoms with Gasteiger partial charge in [0.2, 0.25) is 0 Å². The molecule has 0 amide bonds. The van der Waals surface area contributed by atoms with Crippen molar-refractivity contribution >= 4 is 0 Å². The zero-order valence-corrected chi connectivity index (χ0v) is 8.93. The summed E-state index contributed by atoms with van der Waals surface area (Å²) in [5.74, 6) is 1.71. The van der Waals surface area contributed by atoms with E-state index in [0.29, 0.717) is 6.04 Å². The standard InChI is InChI=1S/C11H23N/c1-8(2)10(4)12-11-6-5-9(3)7-11/h8-12H,5-7H2,1-4H3. The van der Waals surface area contributed by atoms with Crippen LogP contribution in [0.3, 0.4) is 0 Å². The molecule has 1 nitrogen and oxygen atoms in total. The van der Waals surface area contributed by atoms with Crippen LogP contribution in [0.5, 0.6) is 0 Å². The molecule has 1 heteroatoms. The normalized spacial score (nSPS) is 32.8. The van der Waals surface area contributed by atoms with Gasteiger partial charge in [-0.1, -0.05) is 20.8 Å². The first-order valence-electron chi connectivity index (χ1n) is 5.35. The Labute approximate surface area is 76.9 Å². The Kier molecular flexibility index (Phi) is 3.57. The minimum atomic E-state index is 0.681. The monoisotopic (exact) mass is 169 g/mol. The van der Waals surface area contributed by atoms with Gasteiger partial charge in [0.15, 0.2) is 0 Å². The quantitative estimate of drug-likeness (QED) is 0.685. The van der Waals surface area contributed by atoms with Gasteiger partial charge in [0, 0.05) is 12.1 Å². The fourth-order valence-corrected chi connectivity index (χ4v) is 1.92. The molecule has 1 fully saturated rings. The predicted molar refractivity (Wildman–Crippen MR) is 54.2 cm³/mol. The van der Waals surface area contributed by atoms with E-state index in [-0.39, 0.29) is 0 Å². The first-order chi connectivity index (χ1) is 5.59. The molecule has 72 valence electrons. The lowest BCUT2D eigenvalue weighted by molar-refractivity contribution is 0.369. The lowest BCUT2D eigenvalue weighted by Gasteiger charge is -2.22. The summed E-state index contributed by atoms with van der Waals surface area (Å²) in [5.41, 5.74) is 0. The SMILES string of the molecule is CC1CCC(NC(C)C(C)C)C1. The summed E-state index contributed by atoms with van der Waals surface area (Å²) >= 11 is 0. The van der Waals surface area contributed by atoms with Crippen LogP contribution in [0.1, 0.15) is 47.0 Å². The van der Waals surface area contributed by atoms with Gasteiger partial charge < -0.3 is 5.32 Å². The van der Waals surface area contributed by atoms with E-state index in [1.54, 1.807) is 0 Å². The van der Waals surface area contributed by atoms with Crippen molar-refractivity contribution in [1.82, 2.24) is 5.32 Å². The first kappa shape index (κ1) is 10.0. The molecule has 0 aromatic rings. The van der Waals surface area contributed by atoms with Gasteiger partial charge in [-0.05, 0) is 38.0 Å². The Morgan fingerprint density at radius 1 is 1.17 bits per heavy atom. The highest BCUT2D eigenvalue weighted by atomic mass is 15.0. The number of nitrogens with one attached hydrogen (secondary N) is 1. The van der Waals surface area contributed by atoms with Crippen molar-refractivity contribution in [3.8, 4) is 0 Å². The average Bonchev–Trinajstić information content (AvgIpc) is 2.35. The van der Waals surface area contributed by atoms with Gasteiger partial charge in [0.25, 0.3) is 0 Å². The lowest BCUT2D eigenvalue weighted by Crippen LogP contribution is -2.38. The van der Waals surface area contributed by atoms with Crippen molar-refractivity contribution in [3.05, 3.63) is 0 Å². The third-order valence-corrected chi connectivity index (χ3v) is 3.19. The Hall–Kier alpha value is -0.0400. The summed E-state index contributed by atoms with van der Waals surface area (Å²) < 4.78 is 0. The molecule has 12 heavy (non-hydrogen) atoms. The fraction of sp³-hybridized carbons (Fsp3) is 1.00. The van der Waals surface area contributed by atoms with E-state index in [9.17, 15) is 0 Å². The van der Waals surface area contributed by atoms with Gasteiger partial charge in [0.1, 0.15) is 0 Å². The molecule has 1 N–H and O–H groups in total. The highest BCUT2D eigenvalue weighted by Crippen LogP contribution is 2.25. The summed E-state index contributed by atoms with van der Waals surface area (Å²) in [7, 11) is 0. The number of rotatable bonds is 3. The Balaban J connectivity index is 2.23. The molecular weight excluding hydrogens is 146 g/mol. The molecule has 0 aromatic carbocycles. The molecule has 0 spiro atoms. The maximum Gasteiger partial charge on any atom is 0.00722 e. The zero-order valence-electron chi connectivity index (χ0n) is 8.93. The van der Waals surface area contributed by atoms with E-state index in [1.165, 1.54) is 19.3 Å². The second kappa shape index (κ2) is 4.27. The number of hydrogen-bond donors (Lipinski definition) is 1. The van der Waals surface area contributed by atoms with E-state index in [0.717, 1.165) is 17.9 Å². The van der Waals surface area contributed by atoms with Crippen LogP contribution >= 0.6 is 0 Å². The molecule has 1 aliphatic rings. The second-order valence-electron chi connectivity index (χ2n) is 4.81. The molecule has 3 unspecified atom stereocenters. The van der Waals surface area contributed by atoms with E-state index in [4.69, 9.17) is 0 Å². The van der Waals surface area contributed by atoms with Gasteiger partial charge in [-0.2, -0.15) is 0 Å². The topological polar surface area (TPSA) is 12.0 Å². The first-order valence-corrected chi connectivity index (χ1v) is 5.35. The van der Waals surface area contributed by atoms with Crippen LogP contribution in [-0.2, 0) is 0 Å². The third kappa shape index (κ3) is 2.78. The van der Waals surface area contributed by atoms with E-state index in [1.807, 2.05) is 0 Å². The minimum Gasteiger partial charge on any atom is -0.311 e. The molecule has 0 radical (unpaired) electrons. The maximum absolute atomic E-state index is 3.71. The summed E-state index contributed by atoms with van der Waals surface area (Å²) in [6.45, 7) is 9.24. The van der Waals surface area contributed by atoms with Crippen LogP contribution < -0.4 is 5.32 Å². The van der Waals surface area contributed by atoms with Crippen molar-refractivity contribution < 1.29 is 0 Å². The van der Waals surface area contributed by atoms with Gasteiger partial charge in [-0.3, -0.25) is 0 Å². The van der Waals surface area contributed by atoms with Gasteiger partial charge in [-0.15, -0.1) is 0 Å². The largest absolute Gasteiger partial charge is 0.311 e. The van der Waals surface area contributed by atoms with Crippen LogP contribution in [0.25, 0.3) is 0 Å². The molecule has 1 saturated carbocycles. The molecule has 1 aliphatic carbocycles. The Bertz CT molecular complexity index is 131. The summed E-state index contributed by atoms with van der Waals surface area (Å²) in [4.78, 5) is 0. The summed E-state index contributed by atoms with van der Waals surface area (Å²) in [6.07, 6.45) is 4.19. The smallest absolute Gasteiger partial charge is 0.00722 e. The molecule has 0 bridgehead atoms. The van der Waals surface area contributed by atoms with Crippen molar-refractivity contribution in [2.75, 3.05) is 0 Å². The Morgan fingerprint density at radius 3 is 2.25 bits per heavy atom. The predicted octanol–water partition coefficient (Wildman–Crippen LogP) is 2.81. The van der Waals surface area contributed by atoms with E-state index >= 15 is 0 Å². The van der Waals surface area contributed by atoms with E-state index < -0.39 is 0 Å². The molecule has 3 atom stereocenters. The van der Waals surface area contributed by atoms with Crippen molar-refractivity contribution in [1.29, 1.82) is 0 Å². The fourth-order valence-electron chi connectivity index (χ4n) is 1.92. The molecule has 1 rings (SSSR count). The molecule has 0 aliphatic heterocycles. The van der Waals surface area contributed by atoms with Crippen molar-refractivity contribution in [2.45, 2.75) is 59.0 Å². The van der Waals surface area contributed by atoms with Gasteiger partial charge >= 0.3 is 0 Å². The van der Waals surface area contributed by atoms with Crippen molar-refractivity contribution in [2.24, 2.45) is 11.8 Å². The minimum absolute atomic E-state index is 0.681. The van der Waals surface area contributed by atoms with Crippen LogP contribution in [0.4, 0.5) is 0 Å². The van der Waals surface area contributed by atoms with Gasteiger partial charge in [0.05, 0.1) is 0 Å². The van der Waals surface area contributed by atoms with Crippen LogP contribution in [0.2, 0.25) is 0 Å². The number of hydrogen-bond acceptors (Lipinski definition) is 1. The van der Waals surface area contributed by atoms with Gasteiger partial charge in [-0.25, -0.2) is 0 Å². The lowest BCUT2D eigenvalue weighted by atomic mass is 10.0. The van der Waals surface area contributed by atoms with Crippen molar-refractivity contribution in [3.63, 3.8) is 0 Å². The van der Waals surface area contributed by atoms with Crippen LogP contribution in [-0.4, -0.2) is 12.1 Å². The average molecular weight is 169 g/mol. The summed E-state index contributed by atoms with van der Waals surface area (Å²) in [6, 6.07) is 1.48.